The molecule has 0 fully saturated rings. The van der Waals surface area contributed by atoms with Crippen LogP contribution in [0, 0.1) is 10.1 Å². The Morgan fingerprint density at radius 2 is 2.13 bits per heavy atom. The summed E-state index contributed by atoms with van der Waals surface area (Å²) in [5.74, 6) is 0. The molecule has 1 rings (SSSR count). The summed E-state index contributed by atoms with van der Waals surface area (Å²) in [6.07, 6.45) is 2.83. The van der Waals surface area contributed by atoms with Crippen LogP contribution in [0.25, 0.3) is 0 Å². The minimum absolute atomic E-state index is 0.191. The van der Waals surface area contributed by atoms with Crippen LogP contribution < -0.4 is 0 Å². The lowest BCUT2D eigenvalue weighted by Crippen LogP contribution is -1.96. The molecule has 0 spiro atoms. The first-order chi connectivity index (χ1) is 7.19. The van der Waals surface area contributed by atoms with Gasteiger partial charge in [-0.15, -0.1) is 0 Å². The van der Waals surface area contributed by atoms with Crippen LogP contribution in [-0.4, -0.2) is 10.3 Å². The van der Waals surface area contributed by atoms with Crippen LogP contribution in [-0.2, 0) is 12.8 Å². The molecule has 0 aliphatic heterocycles. The van der Waals surface area contributed by atoms with Crippen molar-refractivity contribution in [3.63, 3.8) is 0 Å². The number of non-ortho nitro benzene ring substituents is 1. The first-order valence-corrected chi connectivity index (χ1v) is 6.13. The topological polar surface area (TPSA) is 43.1 Å². The molecule has 0 aromatic heterocycles. The van der Waals surface area contributed by atoms with Gasteiger partial charge >= 0.3 is 0 Å². The van der Waals surface area contributed by atoms with E-state index in [1.807, 2.05) is 6.07 Å². The van der Waals surface area contributed by atoms with E-state index in [0.717, 1.165) is 30.2 Å². The molecule has 0 radical (unpaired) electrons. The van der Waals surface area contributed by atoms with Gasteiger partial charge in [0.2, 0.25) is 0 Å². The molecule has 4 heteroatoms. The molecule has 0 aliphatic rings. The lowest BCUT2D eigenvalue weighted by Gasteiger charge is -2.06. The number of rotatable bonds is 5. The number of nitrogens with zero attached hydrogens (tertiary/aromatic N) is 1. The van der Waals surface area contributed by atoms with Gasteiger partial charge in [0.25, 0.3) is 5.69 Å². The van der Waals surface area contributed by atoms with Crippen molar-refractivity contribution >= 4 is 21.6 Å². The van der Waals surface area contributed by atoms with Crippen molar-refractivity contribution in [3.05, 3.63) is 39.4 Å². The minimum atomic E-state index is -0.336. The number of nitro groups is 1. The zero-order chi connectivity index (χ0) is 11.3. The van der Waals surface area contributed by atoms with Gasteiger partial charge in [0.1, 0.15) is 0 Å². The Balaban J connectivity index is 2.96. The second-order valence-electron chi connectivity index (χ2n) is 3.36. The monoisotopic (exact) mass is 271 g/mol. The highest BCUT2D eigenvalue weighted by Crippen LogP contribution is 2.20. The SMILES string of the molecule is CCc1ccc([N+](=O)[O-])cc1CCCBr. The molecule has 82 valence electrons. The van der Waals surface area contributed by atoms with E-state index in [-0.39, 0.29) is 10.6 Å². The van der Waals surface area contributed by atoms with Crippen LogP contribution in [0.2, 0.25) is 0 Å². The molecule has 0 saturated carbocycles. The summed E-state index contributed by atoms with van der Waals surface area (Å²) < 4.78 is 0. The van der Waals surface area contributed by atoms with Gasteiger partial charge in [-0.2, -0.15) is 0 Å². The van der Waals surface area contributed by atoms with Crippen LogP contribution >= 0.6 is 15.9 Å². The fourth-order valence-corrected chi connectivity index (χ4v) is 1.84. The lowest BCUT2D eigenvalue weighted by molar-refractivity contribution is -0.384. The van der Waals surface area contributed by atoms with E-state index in [2.05, 4.69) is 22.9 Å². The van der Waals surface area contributed by atoms with Gasteiger partial charge in [-0.3, -0.25) is 10.1 Å². The Kier molecular flexibility index (Phi) is 4.75. The largest absolute Gasteiger partial charge is 0.269 e. The molecule has 1 aromatic rings. The summed E-state index contributed by atoms with van der Waals surface area (Å²) in [5.41, 5.74) is 2.50. The highest BCUT2D eigenvalue weighted by Gasteiger charge is 2.09. The summed E-state index contributed by atoms with van der Waals surface area (Å²) in [7, 11) is 0. The number of hydrogen-bond donors (Lipinski definition) is 0. The van der Waals surface area contributed by atoms with Gasteiger partial charge < -0.3 is 0 Å². The molecule has 3 nitrogen and oxygen atoms in total. The third kappa shape index (κ3) is 3.30. The molecule has 0 bridgehead atoms. The number of hydrogen-bond acceptors (Lipinski definition) is 2. The van der Waals surface area contributed by atoms with E-state index < -0.39 is 0 Å². The summed E-state index contributed by atoms with van der Waals surface area (Å²) in [6, 6.07) is 5.14. The zero-order valence-electron chi connectivity index (χ0n) is 8.70. The summed E-state index contributed by atoms with van der Waals surface area (Å²) in [6.45, 7) is 2.07. The van der Waals surface area contributed by atoms with Gasteiger partial charge in [0.05, 0.1) is 4.92 Å². The third-order valence-electron chi connectivity index (χ3n) is 2.36. The van der Waals surface area contributed by atoms with E-state index in [1.165, 1.54) is 5.56 Å². The molecule has 0 N–H and O–H groups in total. The fraction of sp³-hybridized carbons (Fsp3) is 0.455. The average Bonchev–Trinajstić information content (AvgIpc) is 2.25. The molecule has 1 aromatic carbocycles. The van der Waals surface area contributed by atoms with Gasteiger partial charge in [-0.25, -0.2) is 0 Å². The average molecular weight is 272 g/mol. The maximum absolute atomic E-state index is 10.6. The Morgan fingerprint density at radius 3 is 2.67 bits per heavy atom. The van der Waals surface area contributed by atoms with Gasteiger partial charge in [-0.05, 0) is 30.4 Å². The second-order valence-corrected chi connectivity index (χ2v) is 4.15. The molecule has 0 amide bonds. The van der Waals surface area contributed by atoms with Crippen LogP contribution in [0.15, 0.2) is 18.2 Å². The number of alkyl halides is 1. The molecule has 0 saturated heterocycles. The zero-order valence-corrected chi connectivity index (χ0v) is 10.3. The van der Waals surface area contributed by atoms with Crippen molar-refractivity contribution < 1.29 is 4.92 Å². The first kappa shape index (κ1) is 12.2. The molecule has 0 aliphatic carbocycles. The van der Waals surface area contributed by atoms with Crippen LogP contribution in [0.3, 0.4) is 0 Å². The van der Waals surface area contributed by atoms with Crippen molar-refractivity contribution in [1.29, 1.82) is 0 Å². The predicted molar refractivity (Wildman–Crippen MR) is 64.6 cm³/mol. The van der Waals surface area contributed by atoms with Crippen molar-refractivity contribution in [1.82, 2.24) is 0 Å². The van der Waals surface area contributed by atoms with E-state index in [4.69, 9.17) is 0 Å². The number of aryl methyl sites for hydroxylation is 2. The lowest BCUT2D eigenvalue weighted by atomic mass is 10.0. The number of nitro benzene ring substituents is 1. The molecular weight excluding hydrogens is 258 g/mol. The van der Waals surface area contributed by atoms with E-state index in [0.29, 0.717) is 0 Å². The van der Waals surface area contributed by atoms with E-state index in [9.17, 15) is 10.1 Å². The molecule has 0 atom stereocenters. The maximum atomic E-state index is 10.6. The van der Waals surface area contributed by atoms with Crippen molar-refractivity contribution in [3.8, 4) is 0 Å². The van der Waals surface area contributed by atoms with Crippen LogP contribution in [0.1, 0.15) is 24.5 Å². The highest BCUT2D eigenvalue weighted by atomic mass is 79.9. The Labute approximate surface area is 97.8 Å². The van der Waals surface area contributed by atoms with E-state index in [1.54, 1.807) is 12.1 Å². The third-order valence-corrected chi connectivity index (χ3v) is 2.92. The molecule has 0 heterocycles. The van der Waals surface area contributed by atoms with Gasteiger partial charge in [-0.1, -0.05) is 28.9 Å². The van der Waals surface area contributed by atoms with Crippen LogP contribution in [0.4, 0.5) is 5.69 Å². The van der Waals surface area contributed by atoms with Crippen LogP contribution in [0.5, 0.6) is 0 Å². The normalized spacial score (nSPS) is 10.3. The minimum Gasteiger partial charge on any atom is -0.258 e. The number of benzene rings is 1. The Bertz CT molecular complexity index is 352. The maximum Gasteiger partial charge on any atom is 0.269 e. The standard InChI is InChI=1S/C11H14BrNO2/c1-2-9-5-6-11(13(14)15)8-10(9)4-3-7-12/h5-6,8H,2-4,7H2,1H3. The Morgan fingerprint density at radius 1 is 1.40 bits per heavy atom. The number of halogens is 1. The van der Waals surface area contributed by atoms with Crippen molar-refractivity contribution in [2.24, 2.45) is 0 Å². The second kappa shape index (κ2) is 5.85. The first-order valence-electron chi connectivity index (χ1n) is 5.01. The molecule has 15 heavy (non-hydrogen) atoms. The Hall–Kier alpha value is -0.900. The predicted octanol–water partition coefficient (Wildman–Crippen LogP) is 3.48. The summed E-state index contributed by atoms with van der Waals surface area (Å²) in [5, 5.41) is 11.6. The smallest absolute Gasteiger partial charge is 0.258 e. The highest BCUT2D eigenvalue weighted by molar-refractivity contribution is 9.09. The summed E-state index contributed by atoms with van der Waals surface area (Å²) in [4.78, 5) is 10.3. The molecule has 0 unspecified atom stereocenters. The van der Waals surface area contributed by atoms with Crippen molar-refractivity contribution in [2.75, 3.05) is 5.33 Å². The van der Waals surface area contributed by atoms with Gasteiger partial charge in [0.15, 0.2) is 0 Å². The fourth-order valence-electron chi connectivity index (χ4n) is 1.56. The summed E-state index contributed by atoms with van der Waals surface area (Å²) >= 11 is 3.37. The van der Waals surface area contributed by atoms with Gasteiger partial charge in [0, 0.05) is 17.5 Å². The van der Waals surface area contributed by atoms with E-state index >= 15 is 0 Å². The molecular formula is C11H14BrNO2. The quantitative estimate of drug-likeness (QED) is 0.468. The van der Waals surface area contributed by atoms with Crippen molar-refractivity contribution in [2.45, 2.75) is 26.2 Å².